The third-order valence-corrected chi connectivity index (χ3v) is 5.06. The van der Waals surface area contributed by atoms with Crippen molar-refractivity contribution in [1.82, 2.24) is 9.62 Å². The van der Waals surface area contributed by atoms with Crippen molar-refractivity contribution in [2.45, 2.75) is 13.3 Å². The number of anilines is 1. The summed E-state index contributed by atoms with van der Waals surface area (Å²) in [5.74, 6) is 0. The Labute approximate surface area is 134 Å². The van der Waals surface area contributed by atoms with Crippen LogP contribution < -0.4 is 10.0 Å². The smallest absolute Gasteiger partial charge is 0.301 e. The fraction of sp³-hybridized carbons (Fsp3) is 0.500. The third-order valence-electron chi connectivity index (χ3n) is 2.65. The highest BCUT2D eigenvalue weighted by atomic mass is 79.9. The maximum Gasteiger partial charge on any atom is 0.301 e. The Morgan fingerprint density at radius 2 is 2.10 bits per heavy atom. The van der Waals surface area contributed by atoms with Gasteiger partial charge < -0.3 is 5.32 Å². The largest absolute Gasteiger partial charge is 0.317 e. The SMILES string of the molecule is CCNCCCN(C)S(=O)(=O)Nc1cc(Cl)ccc1Br. The quantitative estimate of drug-likeness (QED) is 0.677. The molecule has 0 radical (unpaired) electrons. The van der Waals surface area contributed by atoms with Crippen LogP contribution in [0, 0.1) is 0 Å². The van der Waals surface area contributed by atoms with E-state index in [1.165, 1.54) is 4.31 Å². The Morgan fingerprint density at radius 3 is 2.75 bits per heavy atom. The number of rotatable bonds is 8. The first-order chi connectivity index (χ1) is 9.36. The van der Waals surface area contributed by atoms with E-state index in [9.17, 15) is 8.42 Å². The van der Waals surface area contributed by atoms with Crippen LogP contribution in [-0.4, -0.2) is 39.4 Å². The van der Waals surface area contributed by atoms with Crippen molar-refractivity contribution in [2.24, 2.45) is 0 Å². The lowest BCUT2D eigenvalue weighted by atomic mass is 10.3. The molecular formula is C12H19BrClN3O2S. The van der Waals surface area contributed by atoms with Gasteiger partial charge in [0.25, 0.3) is 0 Å². The second-order valence-electron chi connectivity index (χ2n) is 4.26. The lowest BCUT2D eigenvalue weighted by Gasteiger charge is -2.19. The van der Waals surface area contributed by atoms with E-state index < -0.39 is 10.2 Å². The minimum absolute atomic E-state index is 0.427. The normalized spacial score (nSPS) is 11.8. The average Bonchev–Trinajstić information content (AvgIpc) is 2.38. The molecular weight excluding hydrogens is 366 g/mol. The second-order valence-corrected chi connectivity index (χ2v) is 7.33. The predicted octanol–water partition coefficient (Wildman–Crippen LogP) is 2.69. The molecule has 114 valence electrons. The van der Waals surface area contributed by atoms with Gasteiger partial charge in [0.15, 0.2) is 0 Å². The van der Waals surface area contributed by atoms with Gasteiger partial charge in [-0.1, -0.05) is 18.5 Å². The van der Waals surface area contributed by atoms with E-state index in [4.69, 9.17) is 11.6 Å². The van der Waals surface area contributed by atoms with Gasteiger partial charge in [0.05, 0.1) is 5.69 Å². The molecule has 0 saturated carbocycles. The number of halogens is 2. The first kappa shape index (κ1) is 17.7. The molecule has 0 amide bonds. The molecule has 0 aliphatic rings. The van der Waals surface area contributed by atoms with Crippen LogP contribution in [0.2, 0.25) is 5.02 Å². The lowest BCUT2D eigenvalue weighted by molar-refractivity contribution is 0.459. The summed E-state index contributed by atoms with van der Waals surface area (Å²) in [7, 11) is -2.02. The van der Waals surface area contributed by atoms with Crippen molar-refractivity contribution < 1.29 is 8.42 Å². The third kappa shape index (κ3) is 5.57. The Balaban J connectivity index is 2.66. The van der Waals surface area contributed by atoms with Crippen LogP contribution in [0.15, 0.2) is 22.7 Å². The number of benzene rings is 1. The molecule has 8 heteroatoms. The van der Waals surface area contributed by atoms with E-state index in [1.54, 1.807) is 25.2 Å². The van der Waals surface area contributed by atoms with Crippen molar-refractivity contribution >= 4 is 43.4 Å². The molecule has 20 heavy (non-hydrogen) atoms. The molecule has 1 aromatic rings. The monoisotopic (exact) mass is 383 g/mol. The maximum atomic E-state index is 12.2. The number of nitrogens with zero attached hydrogens (tertiary/aromatic N) is 1. The van der Waals surface area contributed by atoms with E-state index in [0.29, 0.717) is 21.7 Å². The topological polar surface area (TPSA) is 61.4 Å². The van der Waals surface area contributed by atoms with Crippen molar-refractivity contribution in [3.63, 3.8) is 0 Å². The fourth-order valence-corrected chi connectivity index (χ4v) is 3.14. The van der Waals surface area contributed by atoms with Crippen molar-refractivity contribution in [1.29, 1.82) is 0 Å². The highest BCUT2D eigenvalue weighted by Crippen LogP contribution is 2.27. The van der Waals surface area contributed by atoms with Gasteiger partial charge in [0.2, 0.25) is 0 Å². The molecule has 0 saturated heterocycles. The minimum Gasteiger partial charge on any atom is -0.317 e. The minimum atomic E-state index is -3.57. The summed E-state index contributed by atoms with van der Waals surface area (Å²) in [5.41, 5.74) is 0.427. The first-order valence-corrected chi connectivity index (χ1v) is 8.87. The summed E-state index contributed by atoms with van der Waals surface area (Å²) in [6.45, 7) is 4.13. The standard InChI is InChI=1S/C12H19BrClN3O2S/c1-3-15-7-4-8-17(2)20(18,19)16-12-9-10(14)5-6-11(12)13/h5-6,9,15-16H,3-4,7-8H2,1-2H3. The van der Waals surface area contributed by atoms with E-state index in [2.05, 4.69) is 26.0 Å². The van der Waals surface area contributed by atoms with E-state index in [1.807, 2.05) is 6.92 Å². The number of nitrogens with one attached hydrogen (secondary N) is 2. The Hall–Kier alpha value is -0.340. The molecule has 0 aliphatic carbocycles. The summed E-state index contributed by atoms with van der Waals surface area (Å²) >= 11 is 9.16. The van der Waals surface area contributed by atoms with Crippen molar-refractivity contribution in [2.75, 3.05) is 31.4 Å². The highest BCUT2D eigenvalue weighted by molar-refractivity contribution is 9.10. The number of hydrogen-bond acceptors (Lipinski definition) is 3. The zero-order valence-corrected chi connectivity index (χ0v) is 14.6. The van der Waals surface area contributed by atoms with E-state index >= 15 is 0 Å². The van der Waals surface area contributed by atoms with Crippen LogP contribution >= 0.6 is 27.5 Å². The molecule has 0 aromatic heterocycles. The van der Waals surface area contributed by atoms with Gasteiger partial charge in [-0.3, -0.25) is 4.72 Å². The van der Waals surface area contributed by atoms with E-state index in [-0.39, 0.29) is 0 Å². The summed E-state index contributed by atoms with van der Waals surface area (Å²) in [5, 5.41) is 3.63. The molecule has 2 N–H and O–H groups in total. The second kappa shape index (κ2) is 8.19. The summed E-state index contributed by atoms with van der Waals surface area (Å²) in [4.78, 5) is 0. The van der Waals surface area contributed by atoms with Crippen LogP contribution in [0.25, 0.3) is 0 Å². The first-order valence-electron chi connectivity index (χ1n) is 6.26. The summed E-state index contributed by atoms with van der Waals surface area (Å²) in [6, 6.07) is 4.95. The Kier molecular flexibility index (Phi) is 7.25. The van der Waals surface area contributed by atoms with Crippen LogP contribution in [0.5, 0.6) is 0 Å². The zero-order chi connectivity index (χ0) is 15.2. The molecule has 5 nitrogen and oxygen atoms in total. The lowest BCUT2D eigenvalue weighted by Crippen LogP contribution is -2.34. The van der Waals surface area contributed by atoms with Crippen molar-refractivity contribution in [3.8, 4) is 0 Å². The van der Waals surface area contributed by atoms with Crippen LogP contribution in [0.1, 0.15) is 13.3 Å². The molecule has 1 rings (SSSR count). The molecule has 0 spiro atoms. The van der Waals surface area contributed by atoms with Gasteiger partial charge in [-0.2, -0.15) is 12.7 Å². The molecule has 0 heterocycles. The van der Waals surface area contributed by atoms with Gasteiger partial charge in [0, 0.05) is 23.1 Å². The van der Waals surface area contributed by atoms with Crippen molar-refractivity contribution in [3.05, 3.63) is 27.7 Å². The van der Waals surface area contributed by atoms with Gasteiger partial charge in [-0.05, 0) is 53.6 Å². The van der Waals surface area contributed by atoms with E-state index in [0.717, 1.165) is 19.5 Å². The van der Waals surface area contributed by atoms with Gasteiger partial charge in [-0.15, -0.1) is 0 Å². The highest BCUT2D eigenvalue weighted by Gasteiger charge is 2.18. The molecule has 0 fully saturated rings. The average molecular weight is 385 g/mol. The Bertz CT molecular complexity index is 540. The maximum absolute atomic E-state index is 12.2. The fourth-order valence-electron chi connectivity index (χ4n) is 1.52. The zero-order valence-electron chi connectivity index (χ0n) is 11.5. The Morgan fingerprint density at radius 1 is 1.40 bits per heavy atom. The van der Waals surface area contributed by atoms with Gasteiger partial charge in [0.1, 0.15) is 0 Å². The molecule has 0 atom stereocenters. The van der Waals surface area contributed by atoms with Crippen LogP contribution in [0.3, 0.4) is 0 Å². The van der Waals surface area contributed by atoms with Gasteiger partial charge >= 0.3 is 10.2 Å². The number of hydrogen-bond donors (Lipinski definition) is 2. The molecule has 0 aliphatic heterocycles. The predicted molar refractivity (Wildman–Crippen MR) is 87.5 cm³/mol. The molecule has 1 aromatic carbocycles. The van der Waals surface area contributed by atoms with Crippen LogP contribution in [-0.2, 0) is 10.2 Å². The van der Waals surface area contributed by atoms with Crippen LogP contribution in [0.4, 0.5) is 5.69 Å². The molecule has 0 bridgehead atoms. The molecule has 0 unspecified atom stereocenters. The summed E-state index contributed by atoms with van der Waals surface area (Å²) in [6.07, 6.45) is 0.752. The summed E-state index contributed by atoms with van der Waals surface area (Å²) < 4.78 is 28.8. The van der Waals surface area contributed by atoms with Gasteiger partial charge in [-0.25, -0.2) is 0 Å².